The number of nitrogens with zero attached hydrogens (tertiary/aromatic N) is 5. The Kier molecular flexibility index (Phi) is 6.15. The topological polar surface area (TPSA) is 126 Å². The van der Waals surface area contributed by atoms with E-state index in [9.17, 15) is 19.1 Å². The number of benzene rings is 3. The zero-order chi connectivity index (χ0) is 29.8. The van der Waals surface area contributed by atoms with Crippen molar-refractivity contribution >= 4 is 22.6 Å². The molecule has 11 heteroatoms. The molecule has 3 aromatic carbocycles. The SMILES string of the molecule is COc1cc(-c2nnc3c(=O)[nH]c4cc(C(=O)N5CCc6ccccc6C5c5ccncc5)c(C)cc4n23)cc(F)c1O. The fourth-order valence-electron chi connectivity index (χ4n) is 5.94. The summed E-state index contributed by atoms with van der Waals surface area (Å²) in [6, 6.07) is 17.6. The standard InChI is InChI=1S/C32H25FN6O4/c1-17-13-25-24(35-31(41)30-37-36-29(39(25)30)20-14-23(33)28(40)26(15-20)43-2)16-22(17)32(42)38-12-9-18-5-3-4-6-21(18)27(38)19-7-10-34-11-8-19/h3-8,10-11,13-16,27,40H,9,12H2,1-2H3,(H,35,41). The quantitative estimate of drug-likeness (QED) is 0.315. The smallest absolute Gasteiger partial charge is 0.294 e. The molecule has 1 aliphatic heterocycles. The Morgan fingerprint density at radius 3 is 2.67 bits per heavy atom. The summed E-state index contributed by atoms with van der Waals surface area (Å²) in [5.41, 5.74) is 4.94. The van der Waals surface area contributed by atoms with Gasteiger partial charge in [0.2, 0.25) is 5.65 Å². The van der Waals surface area contributed by atoms with E-state index in [-0.39, 0.29) is 34.7 Å². The highest BCUT2D eigenvalue weighted by molar-refractivity contribution is 6.00. The number of hydrogen-bond donors (Lipinski definition) is 2. The number of aromatic hydroxyl groups is 1. The minimum atomic E-state index is -0.906. The molecule has 7 rings (SSSR count). The third kappa shape index (κ3) is 4.19. The van der Waals surface area contributed by atoms with Crippen molar-refractivity contribution in [2.45, 2.75) is 19.4 Å². The van der Waals surface area contributed by atoms with E-state index in [4.69, 9.17) is 4.74 Å². The Bertz CT molecular complexity index is 2120. The fourth-order valence-corrected chi connectivity index (χ4v) is 5.94. The third-order valence-electron chi connectivity index (χ3n) is 8.00. The number of nitrogens with one attached hydrogen (secondary N) is 1. The van der Waals surface area contributed by atoms with Gasteiger partial charge in [-0.05, 0) is 72.0 Å². The molecule has 0 fully saturated rings. The normalized spacial score (nSPS) is 14.7. The number of rotatable bonds is 4. The van der Waals surface area contributed by atoms with Crippen LogP contribution in [0.1, 0.15) is 38.7 Å². The summed E-state index contributed by atoms with van der Waals surface area (Å²) in [6.45, 7) is 2.34. The number of pyridine rings is 1. The second-order valence-electron chi connectivity index (χ2n) is 10.5. The maximum Gasteiger partial charge on any atom is 0.294 e. The van der Waals surface area contributed by atoms with Crippen LogP contribution in [0.2, 0.25) is 0 Å². The first-order valence-electron chi connectivity index (χ1n) is 13.6. The molecule has 0 radical (unpaired) electrons. The molecule has 4 heterocycles. The first-order chi connectivity index (χ1) is 20.9. The number of phenolic OH excluding ortho intramolecular Hbond substituents is 1. The summed E-state index contributed by atoms with van der Waals surface area (Å²) < 4.78 is 21.2. The summed E-state index contributed by atoms with van der Waals surface area (Å²) in [7, 11) is 1.31. The molecule has 0 saturated carbocycles. The van der Waals surface area contributed by atoms with Crippen LogP contribution in [0, 0.1) is 12.7 Å². The molecule has 0 aliphatic carbocycles. The van der Waals surface area contributed by atoms with Gasteiger partial charge in [0.15, 0.2) is 23.1 Å². The minimum absolute atomic E-state index is 0.00110. The first kappa shape index (κ1) is 26.3. The lowest BCUT2D eigenvalue weighted by atomic mass is 9.88. The van der Waals surface area contributed by atoms with Gasteiger partial charge in [-0.1, -0.05) is 24.3 Å². The van der Waals surface area contributed by atoms with E-state index in [0.29, 0.717) is 35.1 Å². The Hall–Kier alpha value is -5.58. The van der Waals surface area contributed by atoms with Gasteiger partial charge in [-0.25, -0.2) is 4.39 Å². The van der Waals surface area contributed by atoms with E-state index in [1.54, 1.807) is 24.5 Å². The van der Waals surface area contributed by atoms with Gasteiger partial charge in [0.05, 0.1) is 24.2 Å². The van der Waals surface area contributed by atoms with Crippen LogP contribution in [-0.4, -0.2) is 54.1 Å². The number of aryl methyl sites for hydroxylation is 1. The largest absolute Gasteiger partial charge is 0.502 e. The molecule has 0 saturated heterocycles. The predicted octanol–water partition coefficient (Wildman–Crippen LogP) is 4.58. The van der Waals surface area contributed by atoms with Gasteiger partial charge in [0.1, 0.15) is 0 Å². The summed E-state index contributed by atoms with van der Waals surface area (Å²) in [5.74, 6) is -1.63. The lowest BCUT2D eigenvalue weighted by Crippen LogP contribution is -2.41. The number of ether oxygens (including phenoxy) is 1. The van der Waals surface area contributed by atoms with E-state index in [1.165, 1.54) is 23.1 Å². The van der Waals surface area contributed by atoms with Crippen molar-refractivity contribution in [3.8, 4) is 22.9 Å². The Morgan fingerprint density at radius 1 is 1.09 bits per heavy atom. The third-order valence-corrected chi connectivity index (χ3v) is 8.00. The molecule has 1 aliphatic rings. The number of methoxy groups -OCH3 is 1. The van der Waals surface area contributed by atoms with Gasteiger partial charge in [-0.3, -0.25) is 19.0 Å². The number of carbonyl (C=O) groups excluding carboxylic acids is 1. The van der Waals surface area contributed by atoms with Crippen molar-refractivity contribution in [3.63, 3.8) is 0 Å². The Labute approximate surface area is 244 Å². The number of H-pyrrole nitrogens is 1. The molecule has 214 valence electrons. The molecule has 2 N–H and O–H groups in total. The average molecular weight is 577 g/mol. The number of aromatic amines is 1. The van der Waals surface area contributed by atoms with Crippen molar-refractivity contribution < 1.29 is 19.0 Å². The maximum atomic E-state index is 14.5. The lowest BCUT2D eigenvalue weighted by molar-refractivity contribution is 0.0694. The van der Waals surface area contributed by atoms with Crippen LogP contribution in [0.3, 0.4) is 0 Å². The summed E-state index contributed by atoms with van der Waals surface area (Å²) in [4.78, 5) is 36.2. The van der Waals surface area contributed by atoms with Crippen molar-refractivity contribution in [1.29, 1.82) is 0 Å². The molecule has 10 nitrogen and oxygen atoms in total. The molecule has 1 amide bonds. The van der Waals surface area contributed by atoms with Gasteiger partial charge >= 0.3 is 0 Å². The molecule has 3 aromatic heterocycles. The molecular formula is C32H25FN6O4. The van der Waals surface area contributed by atoms with Crippen LogP contribution in [0.4, 0.5) is 4.39 Å². The van der Waals surface area contributed by atoms with Crippen LogP contribution < -0.4 is 10.3 Å². The molecular weight excluding hydrogens is 551 g/mol. The number of amides is 1. The highest BCUT2D eigenvalue weighted by Crippen LogP contribution is 2.37. The van der Waals surface area contributed by atoms with Crippen LogP contribution in [0.5, 0.6) is 11.5 Å². The summed E-state index contributed by atoms with van der Waals surface area (Å²) in [6.07, 6.45) is 4.15. The Balaban J connectivity index is 1.38. The zero-order valence-corrected chi connectivity index (χ0v) is 23.2. The number of aromatic nitrogens is 5. The van der Waals surface area contributed by atoms with E-state index in [0.717, 1.165) is 17.2 Å². The molecule has 1 unspecified atom stereocenters. The van der Waals surface area contributed by atoms with Crippen molar-refractivity contribution in [2.24, 2.45) is 0 Å². The molecule has 0 spiro atoms. The van der Waals surface area contributed by atoms with E-state index < -0.39 is 17.1 Å². The highest BCUT2D eigenvalue weighted by Gasteiger charge is 2.33. The number of hydrogen-bond acceptors (Lipinski definition) is 7. The van der Waals surface area contributed by atoms with Gasteiger partial charge in [0, 0.05) is 30.1 Å². The number of fused-ring (bicyclic) bond motifs is 4. The predicted molar refractivity (Wildman–Crippen MR) is 157 cm³/mol. The van der Waals surface area contributed by atoms with Crippen molar-refractivity contribution in [2.75, 3.05) is 13.7 Å². The van der Waals surface area contributed by atoms with Gasteiger partial charge in [0.25, 0.3) is 11.5 Å². The Morgan fingerprint density at radius 2 is 1.88 bits per heavy atom. The average Bonchev–Trinajstić information content (AvgIpc) is 3.48. The summed E-state index contributed by atoms with van der Waals surface area (Å²) >= 11 is 0. The van der Waals surface area contributed by atoms with Crippen LogP contribution in [-0.2, 0) is 6.42 Å². The summed E-state index contributed by atoms with van der Waals surface area (Å²) in [5, 5.41) is 18.2. The van der Waals surface area contributed by atoms with E-state index in [1.807, 2.05) is 36.1 Å². The van der Waals surface area contributed by atoms with Gasteiger partial charge < -0.3 is 19.7 Å². The minimum Gasteiger partial charge on any atom is -0.502 e. The van der Waals surface area contributed by atoms with Gasteiger partial charge in [-0.15, -0.1) is 10.2 Å². The monoisotopic (exact) mass is 576 g/mol. The number of phenols is 1. The van der Waals surface area contributed by atoms with Crippen LogP contribution in [0.15, 0.2) is 77.9 Å². The van der Waals surface area contributed by atoms with Gasteiger partial charge in [-0.2, -0.15) is 0 Å². The first-order valence-corrected chi connectivity index (χ1v) is 13.6. The lowest BCUT2D eigenvalue weighted by Gasteiger charge is -2.38. The highest BCUT2D eigenvalue weighted by atomic mass is 19.1. The van der Waals surface area contributed by atoms with E-state index in [2.05, 4.69) is 32.3 Å². The van der Waals surface area contributed by atoms with Crippen molar-refractivity contribution in [3.05, 3.63) is 117 Å². The molecule has 0 bridgehead atoms. The van der Waals surface area contributed by atoms with Crippen LogP contribution >= 0.6 is 0 Å². The molecule has 1 atom stereocenters. The van der Waals surface area contributed by atoms with Crippen LogP contribution in [0.25, 0.3) is 28.1 Å². The second-order valence-corrected chi connectivity index (χ2v) is 10.5. The number of halogens is 1. The second kappa shape index (κ2) is 10.1. The van der Waals surface area contributed by atoms with Crippen molar-refractivity contribution in [1.82, 2.24) is 29.5 Å². The molecule has 43 heavy (non-hydrogen) atoms. The number of carbonyl (C=O) groups is 1. The maximum absolute atomic E-state index is 14.5. The molecule has 6 aromatic rings. The van der Waals surface area contributed by atoms with E-state index >= 15 is 0 Å². The fraction of sp³-hybridized carbons (Fsp3) is 0.156. The zero-order valence-electron chi connectivity index (χ0n) is 23.2.